The van der Waals surface area contributed by atoms with Crippen molar-refractivity contribution in [3.63, 3.8) is 0 Å². The number of hydrogen-bond donors (Lipinski definition) is 0. The second-order valence-corrected chi connectivity index (χ2v) is 5.03. The standard InChI is InChI=1S/C13H16BrNO2/c1-9-3-4-11(17-2)6-12(9)15-8-10(7-14)5-13(15)16/h3-4,6,10H,5,7-8H2,1-2H3. The molecule has 1 atom stereocenters. The average molecular weight is 298 g/mol. The van der Waals surface area contributed by atoms with Crippen LogP contribution in [0.25, 0.3) is 0 Å². The Bertz CT molecular complexity index is 433. The Hall–Kier alpha value is -1.03. The highest BCUT2D eigenvalue weighted by atomic mass is 79.9. The van der Waals surface area contributed by atoms with Gasteiger partial charge in [-0.15, -0.1) is 0 Å². The van der Waals surface area contributed by atoms with E-state index in [0.29, 0.717) is 12.3 Å². The lowest BCUT2D eigenvalue weighted by atomic mass is 10.1. The fraction of sp³-hybridized carbons (Fsp3) is 0.462. The summed E-state index contributed by atoms with van der Waals surface area (Å²) in [4.78, 5) is 13.8. The molecule has 1 aromatic carbocycles. The van der Waals surface area contributed by atoms with Crippen LogP contribution in [0.3, 0.4) is 0 Å². The SMILES string of the molecule is COc1ccc(C)c(N2CC(CBr)CC2=O)c1. The van der Waals surface area contributed by atoms with Gasteiger partial charge < -0.3 is 9.64 Å². The van der Waals surface area contributed by atoms with Crippen LogP contribution >= 0.6 is 15.9 Å². The molecule has 1 aliphatic heterocycles. The van der Waals surface area contributed by atoms with Gasteiger partial charge in [0.1, 0.15) is 5.75 Å². The number of hydrogen-bond acceptors (Lipinski definition) is 2. The van der Waals surface area contributed by atoms with Gasteiger partial charge in [-0.25, -0.2) is 0 Å². The molecule has 3 nitrogen and oxygen atoms in total. The number of aryl methyl sites for hydroxylation is 1. The first-order valence-electron chi connectivity index (χ1n) is 5.66. The van der Waals surface area contributed by atoms with E-state index in [4.69, 9.17) is 4.74 Å². The predicted octanol–water partition coefficient (Wildman–Crippen LogP) is 2.75. The second kappa shape index (κ2) is 5.08. The van der Waals surface area contributed by atoms with E-state index in [9.17, 15) is 4.79 Å². The van der Waals surface area contributed by atoms with E-state index in [0.717, 1.165) is 28.9 Å². The van der Waals surface area contributed by atoms with Crippen molar-refractivity contribution in [2.75, 3.05) is 23.9 Å². The van der Waals surface area contributed by atoms with Crippen LogP contribution in [-0.2, 0) is 4.79 Å². The lowest BCUT2D eigenvalue weighted by molar-refractivity contribution is -0.117. The van der Waals surface area contributed by atoms with Crippen LogP contribution in [0.15, 0.2) is 18.2 Å². The maximum Gasteiger partial charge on any atom is 0.227 e. The molecule has 1 amide bonds. The molecule has 0 bridgehead atoms. The van der Waals surface area contributed by atoms with E-state index < -0.39 is 0 Å². The van der Waals surface area contributed by atoms with E-state index >= 15 is 0 Å². The number of rotatable bonds is 3. The van der Waals surface area contributed by atoms with Crippen LogP contribution in [0.2, 0.25) is 0 Å². The number of methoxy groups -OCH3 is 1. The first-order valence-corrected chi connectivity index (χ1v) is 6.79. The minimum absolute atomic E-state index is 0.200. The Labute approximate surface area is 110 Å². The van der Waals surface area contributed by atoms with Gasteiger partial charge in [0.25, 0.3) is 0 Å². The molecule has 1 heterocycles. The van der Waals surface area contributed by atoms with Crippen molar-refractivity contribution in [1.29, 1.82) is 0 Å². The van der Waals surface area contributed by atoms with Gasteiger partial charge in [0.15, 0.2) is 0 Å². The van der Waals surface area contributed by atoms with Crippen LogP contribution in [-0.4, -0.2) is 24.9 Å². The molecule has 17 heavy (non-hydrogen) atoms. The van der Waals surface area contributed by atoms with Crippen LogP contribution in [0.5, 0.6) is 5.75 Å². The normalized spacial score (nSPS) is 19.8. The predicted molar refractivity (Wildman–Crippen MR) is 72.0 cm³/mol. The first-order chi connectivity index (χ1) is 8.15. The highest BCUT2D eigenvalue weighted by Gasteiger charge is 2.30. The molecule has 0 radical (unpaired) electrons. The van der Waals surface area contributed by atoms with Gasteiger partial charge in [-0.2, -0.15) is 0 Å². The lowest BCUT2D eigenvalue weighted by Gasteiger charge is -2.19. The third-order valence-electron chi connectivity index (χ3n) is 3.13. The maximum atomic E-state index is 12.0. The molecule has 1 fully saturated rings. The third-order valence-corrected chi connectivity index (χ3v) is 4.05. The minimum atomic E-state index is 0.200. The van der Waals surface area contributed by atoms with Crippen molar-refractivity contribution < 1.29 is 9.53 Å². The summed E-state index contributed by atoms with van der Waals surface area (Å²) < 4.78 is 5.21. The van der Waals surface area contributed by atoms with Gasteiger partial charge in [-0.3, -0.25) is 4.79 Å². The zero-order valence-electron chi connectivity index (χ0n) is 10.1. The van der Waals surface area contributed by atoms with Gasteiger partial charge >= 0.3 is 0 Å². The lowest BCUT2D eigenvalue weighted by Crippen LogP contribution is -2.25. The van der Waals surface area contributed by atoms with E-state index in [-0.39, 0.29) is 5.91 Å². The van der Waals surface area contributed by atoms with Crippen LogP contribution in [0.4, 0.5) is 5.69 Å². The van der Waals surface area contributed by atoms with Gasteiger partial charge in [0, 0.05) is 24.4 Å². The molecule has 1 saturated heterocycles. The molecule has 1 unspecified atom stereocenters. The third kappa shape index (κ3) is 2.46. The van der Waals surface area contributed by atoms with Crippen LogP contribution < -0.4 is 9.64 Å². The van der Waals surface area contributed by atoms with Crippen molar-refractivity contribution in [1.82, 2.24) is 0 Å². The van der Waals surface area contributed by atoms with Crippen molar-refractivity contribution in [2.45, 2.75) is 13.3 Å². The Balaban J connectivity index is 2.30. The molecule has 0 aliphatic carbocycles. The number of alkyl halides is 1. The largest absolute Gasteiger partial charge is 0.497 e. The zero-order valence-corrected chi connectivity index (χ0v) is 11.7. The maximum absolute atomic E-state index is 12.0. The summed E-state index contributed by atoms with van der Waals surface area (Å²) in [6.45, 7) is 2.81. The van der Waals surface area contributed by atoms with E-state index in [2.05, 4.69) is 15.9 Å². The number of halogens is 1. The highest BCUT2D eigenvalue weighted by Crippen LogP contribution is 2.31. The second-order valence-electron chi connectivity index (χ2n) is 4.38. The van der Waals surface area contributed by atoms with Crippen molar-refractivity contribution >= 4 is 27.5 Å². The number of anilines is 1. The monoisotopic (exact) mass is 297 g/mol. The quantitative estimate of drug-likeness (QED) is 0.803. The number of benzene rings is 1. The van der Waals surface area contributed by atoms with Gasteiger partial charge in [-0.1, -0.05) is 22.0 Å². The molecule has 92 valence electrons. The fourth-order valence-electron chi connectivity index (χ4n) is 2.12. The van der Waals surface area contributed by atoms with Crippen LogP contribution in [0.1, 0.15) is 12.0 Å². The molecule has 2 rings (SSSR count). The van der Waals surface area contributed by atoms with Gasteiger partial charge in [-0.05, 0) is 24.5 Å². The summed E-state index contributed by atoms with van der Waals surface area (Å²) in [6.07, 6.45) is 0.627. The number of amides is 1. The first kappa shape index (κ1) is 12.4. The molecule has 0 spiro atoms. The fourth-order valence-corrected chi connectivity index (χ4v) is 2.56. The van der Waals surface area contributed by atoms with Crippen molar-refractivity contribution in [2.24, 2.45) is 5.92 Å². The number of carbonyl (C=O) groups excluding carboxylic acids is 1. The van der Waals surface area contributed by atoms with E-state index in [1.54, 1.807) is 7.11 Å². The van der Waals surface area contributed by atoms with Crippen molar-refractivity contribution in [3.8, 4) is 5.75 Å². The molecular weight excluding hydrogens is 282 g/mol. The summed E-state index contributed by atoms with van der Waals surface area (Å²) in [5.74, 6) is 1.40. The zero-order chi connectivity index (χ0) is 12.4. The Kier molecular flexibility index (Phi) is 3.72. The summed E-state index contributed by atoms with van der Waals surface area (Å²) in [6, 6.07) is 5.84. The summed E-state index contributed by atoms with van der Waals surface area (Å²) in [7, 11) is 1.64. The molecule has 4 heteroatoms. The number of ether oxygens (including phenoxy) is 1. The Morgan fingerprint density at radius 1 is 1.53 bits per heavy atom. The van der Waals surface area contributed by atoms with Crippen molar-refractivity contribution in [3.05, 3.63) is 23.8 Å². The molecule has 0 N–H and O–H groups in total. The summed E-state index contributed by atoms with van der Waals surface area (Å²) >= 11 is 3.45. The highest BCUT2D eigenvalue weighted by molar-refractivity contribution is 9.09. The molecule has 0 saturated carbocycles. The van der Waals surface area contributed by atoms with Crippen LogP contribution in [0, 0.1) is 12.8 Å². The molecule has 1 aliphatic rings. The van der Waals surface area contributed by atoms with Gasteiger partial charge in [0.05, 0.1) is 12.8 Å². The number of carbonyl (C=O) groups is 1. The number of nitrogens with zero attached hydrogens (tertiary/aromatic N) is 1. The molecular formula is C13H16BrNO2. The van der Waals surface area contributed by atoms with E-state index in [1.165, 1.54) is 0 Å². The summed E-state index contributed by atoms with van der Waals surface area (Å²) in [5, 5.41) is 0.873. The Morgan fingerprint density at radius 3 is 2.88 bits per heavy atom. The minimum Gasteiger partial charge on any atom is -0.497 e. The smallest absolute Gasteiger partial charge is 0.227 e. The summed E-state index contributed by atoms with van der Waals surface area (Å²) in [5.41, 5.74) is 2.08. The average Bonchev–Trinajstić information content (AvgIpc) is 2.71. The molecule has 1 aromatic rings. The Morgan fingerprint density at radius 2 is 2.29 bits per heavy atom. The van der Waals surface area contributed by atoms with Gasteiger partial charge in [0.2, 0.25) is 5.91 Å². The molecule has 0 aromatic heterocycles. The van der Waals surface area contributed by atoms with E-state index in [1.807, 2.05) is 30.0 Å². The topological polar surface area (TPSA) is 29.5 Å².